The predicted octanol–water partition coefficient (Wildman–Crippen LogP) is 1.09. The Kier molecular flexibility index (Phi) is 4.50. The molecule has 7 heteroatoms. The fourth-order valence-electron chi connectivity index (χ4n) is 1.43. The van der Waals surface area contributed by atoms with Crippen LogP contribution in [-0.4, -0.2) is 30.6 Å². The zero-order chi connectivity index (χ0) is 14.0. The summed E-state index contributed by atoms with van der Waals surface area (Å²) in [5.74, 6) is 0.927. The molecule has 0 aliphatic carbocycles. The molecule has 0 aliphatic heterocycles. The van der Waals surface area contributed by atoms with Crippen molar-refractivity contribution in [1.29, 1.82) is 0 Å². The molecule has 0 aromatic carbocycles. The lowest BCUT2D eigenvalue weighted by Gasteiger charge is -2.14. The standard InChI is InChI=1S/C11H21N3O3S/c1-11(2,3)7-9-13-10(17-14-9)8(12)5-6-18(4,15)16/h8H,5-7,12H2,1-4H3. The van der Waals surface area contributed by atoms with Crippen molar-refractivity contribution in [2.24, 2.45) is 11.1 Å². The van der Waals surface area contributed by atoms with Crippen LogP contribution in [0.25, 0.3) is 0 Å². The molecule has 1 heterocycles. The summed E-state index contributed by atoms with van der Waals surface area (Å²) in [6, 6.07) is -0.527. The van der Waals surface area contributed by atoms with Crippen molar-refractivity contribution < 1.29 is 12.9 Å². The highest BCUT2D eigenvalue weighted by Crippen LogP contribution is 2.20. The van der Waals surface area contributed by atoms with Crippen LogP contribution < -0.4 is 5.73 Å². The summed E-state index contributed by atoms with van der Waals surface area (Å²) < 4.78 is 27.1. The van der Waals surface area contributed by atoms with Gasteiger partial charge in [0.15, 0.2) is 5.82 Å². The molecule has 1 aromatic heterocycles. The summed E-state index contributed by atoms with van der Waals surface area (Å²) >= 11 is 0. The van der Waals surface area contributed by atoms with Gasteiger partial charge in [-0.05, 0) is 11.8 Å². The molecule has 0 saturated carbocycles. The number of nitrogens with zero attached hydrogens (tertiary/aromatic N) is 2. The third-order valence-electron chi connectivity index (χ3n) is 2.29. The zero-order valence-electron chi connectivity index (χ0n) is 11.3. The maximum absolute atomic E-state index is 11.0. The first-order chi connectivity index (χ1) is 8.07. The Labute approximate surface area is 108 Å². The van der Waals surface area contributed by atoms with Crippen LogP contribution in [0.4, 0.5) is 0 Å². The van der Waals surface area contributed by atoms with Crippen molar-refractivity contribution in [3.63, 3.8) is 0 Å². The zero-order valence-corrected chi connectivity index (χ0v) is 12.1. The molecule has 104 valence electrons. The molecular weight excluding hydrogens is 254 g/mol. The van der Waals surface area contributed by atoms with E-state index >= 15 is 0 Å². The first-order valence-corrected chi connectivity index (χ1v) is 7.89. The SMILES string of the molecule is CC(C)(C)Cc1noc(C(N)CCS(C)(=O)=O)n1. The van der Waals surface area contributed by atoms with Crippen LogP contribution in [0, 0.1) is 5.41 Å². The highest BCUT2D eigenvalue weighted by molar-refractivity contribution is 7.90. The van der Waals surface area contributed by atoms with Crippen molar-refractivity contribution in [2.75, 3.05) is 12.0 Å². The van der Waals surface area contributed by atoms with Crippen molar-refractivity contribution >= 4 is 9.84 Å². The third kappa shape index (κ3) is 5.59. The molecule has 0 bridgehead atoms. The van der Waals surface area contributed by atoms with Gasteiger partial charge >= 0.3 is 0 Å². The lowest BCUT2D eigenvalue weighted by Crippen LogP contribution is -2.16. The maximum atomic E-state index is 11.0. The highest BCUT2D eigenvalue weighted by Gasteiger charge is 2.20. The maximum Gasteiger partial charge on any atom is 0.243 e. The molecule has 1 aromatic rings. The van der Waals surface area contributed by atoms with Gasteiger partial charge in [-0.3, -0.25) is 0 Å². The molecule has 0 amide bonds. The van der Waals surface area contributed by atoms with Crippen LogP contribution in [0.1, 0.15) is 44.9 Å². The Hall–Kier alpha value is -0.950. The van der Waals surface area contributed by atoms with Gasteiger partial charge in [0.05, 0.1) is 11.8 Å². The van der Waals surface area contributed by atoms with E-state index in [4.69, 9.17) is 10.3 Å². The molecule has 0 spiro atoms. The van der Waals surface area contributed by atoms with E-state index < -0.39 is 15.9 Å². The molecule has 18 heavy (non-hydrogen) atoms. The monoisotopic (exact) mass is 275 g/mol. The fourth-order valence-corrected chi connectivity index (χ4v) is 2.11. The molecule has 1 unspecified atom stereocenters. The molecule has 0 radical (unpaired) electrons. The number of hydrogen-bond donors (Lipinski definition) is 1. The highest BCUT2D eigenvalue weighted by atomic mass is 32.2. The third-order valence-corrected chi connectivity index (χ3v) is 3.27. The average molecular weight is 275 g/mol. The minimum absolute atomic E-state index is 0.0190. The quantitative estimate of drug-likeness (QED) is 0.863. The van der Waals surface area contributed by atoms with Gasteiger partial charge in [-0.1, -0.05) is 25.9 Å². The van der Waals surface area contributed by atoms with Crippen LogP contribution in [0.15, 0.2) is 4.52 Å². The topological polar surface area (TPSA) is 99.1 Å². The smallest absolute Gasteiger partial charge is 0.243 e. The number of aromatic nitrogens is 2. The minimum Gasteiger partial charge on any atom is -0.338 e. The predicted molar refractivity (Wildman–Crippen MR) is 68.7 cm³/mol. The molecule has 0 fully saturated rings. The molecule has 6 nitrogen and oxygen atoms in total. The van der Waals surface area contributed by atoms with E-state index in [1.54, 1.807) is 0 Å². The number of rotatable bonds is 5. The Morgan fingerprint density at radius 3 is 2.50 bits per heavy atom. The summed E-state index contributed by atoms with van der Waals surface area (Å²) in [6.07, 6.45) is 2.16. The van der Waals surface area contributed by atoms with Gasteiger partial charge in [-0.25, -0.2) is 8.42 Å². The summed E-state index contributed by atoms with van der Waals surface area (Å²) in [5.41, 5.74) is 5.89. The van der Waals surface area contributed by atoms with E-state index in [0.29, 0.717) is 18.1 Å². The Bertz CT molecular complexity index is 488. The second-order valence-corrected chi connectivity index (χ2v) is 8.07. The lowest BCUT2D eigenvalue weighted by molar-refractivity contribution is 0.338. The Morgan fingerprint density at radius 1 is 1.39 bits per heavy atom. The van der Waals surface area contributed by atoms with E-state index in [1.165, 1.54) is 6.26 Å². The molecule has 1 atom stereocenters. The number of nitrogens with two attached hydrogens (primary N) is 1. The summed E-state index contributed by atoms with van der Waals surface area (Å²) in [4.78, 5) is 4.20. The van der Waals surface area contributed by atoms with Crippen molar-refractivity contribution in [1.82, 2.24) is 10.1 Å². The second-order valence-electron chi connectivity index (χ2n) is 5.81. The number of hydrogen-bond acceptors (Lipinski definition) is 6. The van der Waals surface area contributed by atoms with Crippen molar-refractivity contribution in [2.45, 2.75) is 39.7 Å². The average Bonchev–Trinajstić information content (AvgIpc) is 2.58. The largest absolute Gasteiger partial charge is 0.338 e. The fraction of sp³-hybridized carbons (Fsp3) is 0.818. The first-order valence-electron chi connectivity index (χ1n) is 5.83. The van der Waals surface area contributed by atoms with Gasteiger partial charge in [0, 0.05) is 12.7 Å². The van der Waals surface area contributed by atoms with Crippen LogP contribution in [0.5, 0.6) is 0 Å². The lowest BCUT2D eigenvalue weighted by atomic mass is 9.92. The molecule has 1 rings (SSSR count). The van der Waals surface area contributed by atoms with Gasteiger partial charge in [0.2, 0.25) is 5.89 Å². The van der Waals surface area contributed by atoms with Gasteiger partial charge < -0.3 is 10.3 Å². The first kappa shape index (κ1) is 15.1. The Morgan fingerprint density at radius 2 is 2.00 bits per heavy atom. The van der Waals surface area contributed by atoms with E-state index in [-0.39, 0.29) is 17.6 Å². The van der Waals surface area contributed by atoms with Crippen LogP contribution in [0.3, 0.4) is 0 Å². The molecule has 2 N–H and O–H groups in total. The molecule has 0 saturated heterocycles. The normalized spacial score (nSPS) is 14.7. The summed E-state index contributed by atoms with van der Waals surface area (Å²) in [6.45, 7) is 6.23. The van der Waals surface area contributed by atoms with Gasteiger partial charge in [0.1, 0.15) is 9.84 Å². The molecular formula is C11H21N3O3S. The van der Waals surface area contributed by atoms with Gasteiger partial charge in [0.25, 0.3) is 0 Å². The van der Waals surface area contributed by atoms with E-state index in [0.717, 1.165) is 0 Å². The Balaban J connectivity index is 2.62. The van der Waals surface area contributed by atoms with Crippen molar-refractivity contribution in [3.05, 3.63) is 11.7 Å². The van der Waals surface area contributed by atoms with E-state index in [1.807, 2.05) is 0 Å². The minimum atomic E-state index is -3.02. The van der Waals surface area contributed by atoms with E-state index in [9.17, 15) is 8.42 Å². The van der Waals surface area contributed by atoms with Crippen LogP contribution >= 0.6 is 0 Å². The van der Waals surface area contributed by atoms with Crippen molar-refractivity contribution in [3.8, 4) is 0 Å². The summed E-state index contributed by atoms with van der Waals surface area (Å²) in [7, 11) is -3.02. The molecule has 0 aliphatic rings. The van der Waals surface area contributed by atoms with E-state index in [2.05, 4.69) is 30.9 Å². The van der Waals surface area contributed by atoms with Gasteiger partial charge in [-0.2, -0.15) is 4.98 Å². The van der Waals surface area contributed by atoms with Gasteiger partial charge in [-0.15, -0.1) is 0 Å². The van der Waals surface area contributed by atoms with Crippen LogP contribution in [0.2, 0.25) is 0 Å². The second kappa shape index (κ2) is 5.36. The summed E-state index contributed by atoms with van der Waals surface area (Å²) in [5, 5.41) is 3.85. The van der Waals surface area contributed by atoms with Crippen LogP contribution in [-0.2, 0) is 16.3 Å². The number of sulfone groups is 1.